The summed E-state index contributed by atoms with van der Waals surface area (Å²) in [5.74, 6) is -1.07. The van der Waals surface area contributed by atoms with Crippen molar-refractivity contribution < 1.29 is 22.4 Å². The maximum Gasteiger partial charge on any atom is 0.419 e. The zero-order valence-electron chi connectivity index (χ0n) is 15.3. The summed E-state index contributed by atoms with van der Waals surface area (Å²) in [5, 5.41) is 0. The first-order chi connectivity index (χ1) is 12.2. The van der Waals surface area contributed by atoms with Crippen LogP contribution >= 0.6 is 0 Å². The fourth-order valence-electron chi connectivity index (χ4n) is 3.42. The molecule has 0 heterocycles. The summed E-state index contributed by atoms with van der Waals surface area (Å²) in [6.07, 6.45) is 3.62. The van der Waals surface area contributed by atoms with Gasteiger partial charge in [-0.25, -0.2) is 4.39 Å². The Balaban J connectivity index is 2.30. The second-order valence-electron chi connectivity index (χ2n) is 7.29. The summed E-state index contributed by atoms with van der Waals surface area (Å²) in [6.45, 7) is 4.03. The summed E-state index contributed by atoms with van der Waals surface area (Å²) in [5.41, 5.74) is -2.10. The summed E-state index contributed by atoms with van der Waals surface area (Å²) in [7, 11) is 0. The van der Waals surface area contributed by atoms with E-state index in [-0.39, 0.29) is 17.9 Å². The van der Waals surface area contributed by atoms with Gasteiger partial charge in [0.15, 0.2) is 5.78 Å². The second-order valence-corrected chi connectivity index (χ2v) is 7.29. The molecule has 26 heavy (non-hydrogen) atoms. The van der Waals surface area contributed by atoms with Gasteiger partial charge in [0.1, 0.15) is 11.4 Å². The van der Waals surface area contributed by atoms with Gasteiger partial charge in [-0.1, -0.05) is 51.3 Å². The number of halogens is 4. The molecule has 0 amide bonds. The SMILES string of the molecule is CCCCC(=O)c1ccc(/C=C/C2CCC(C)CC2)c(F)c1C(F)(F)F. The molecule has 0 N–H and O–H groups in total. The first-order valence-corrected chi connectivity index (χ1v) is 9.35. The Bertz CT molecular complexity index is 653. The molecule has 0 radical (unpaired) electrons. The third-order valence-electron chi connectivity index (χ3n) is 5.12. The molecule has 0 spiro atoms. The lowest BCUT2D eigenvalue weighted by Crippen LogP contribution is -2.16. The highest BCUT2D eigenvalue weighted by atomic mass is 19.4. The number of carbonyl (C=O) groups excluding carboxylic acids is 1. The third kappa shape index (κ3) is 5.18. The van der Waals surface area contributed by atoms with Crippen LogP contribution in [0, 0.1) is 17.7 Å². The van der Waals surface area contributed by atoms with E-state index in [4.69, 9.17) is 0 Å². The minimum atomic E-state index is -4.90. The molecule has 1 aliphatic carbocycles. The zero-order valence-corrected chi connectivity index (χ0v) is 15.3. The van der Waals surface area contributed by atoms with Crippen molar-refractivity contribution in [2.75, 3.05) is 0 Å². The van der Waals surface area contributed by atoms with Crippen molar-refractivity contribution in [2.24, 2.45) is 11.8 Å². The number of alkyl halides is 3. The molecule has 1 fully saturated rings. The molecule has 2 rings (SSSR count). The molecule has 5 heteroatoms. The number of unbranched alkanes of at least 4 members (excludes halogenated alkanes) is 1. The van der Waals surface area contributed by atoms with Crippen molar-refractivity contribution in [3.63, 3.8) is 0 Å². The Labute approximate surface area is 152 Å². The monoisotopic (exact) mass is 370 g/mol. The van der Waals surface area contributed by atoms with Crippen molar-refractivity contribution in [1.82, 2.24) is 0 Å². The van der Waals surface area contributed by atoms with E-state index in [9.17, 15) is 22.4 Å². The van der Waals surface area contributed by atoms with E-state index in [1.165, 1.54) is 12.1 Å². The molecule has 144 valence electrons. The minimum Gasteiger partial charge on any atom is -0.294 e. The number of rotatable bonds is 6. The molecule has 1 aromatic carbocycles. The Morgan fingerprint density at radius 2 is 1.85 bits per heavy atom. The fourth-order valence-corrected chi connectivity index (χ4v) is 3.42. The summed E-state index contributed by atoms with van der Waals surface area (Å²) in [6, 6.07) is 2.40. The van der Waals surface area contributed by atoms with Gasteiger partial charge >= 0.3 is 6.18 Å². The van der Waals surface area contributed by atoms with E-state index >= 15 is 0 Å². The largest absolute Gasteiger partial charge is 0.419 e. The molecule has 0 unspecified atom stereocenters. The van der Waals surface area contributed by atoms with E-state index < -0.39 is 28.9 Å². The van der Waals surface area contributed by atoms with Crippen LogP contribution in [0.1, 0.15) is 80.3 Å². The molecular formula is C21H26F4O. The van der Waals surface area contributed by atoms with Gasteiger partial charge in [-0.05, 0) is 37.2 Å². The summed E-state index contributed by atoms with van der Waals surface area (Å²) in [4.78, 5) is 12.1. The highest BCUT2D eigenvalue weighted by Gasteiger charge is 2.39. The van der Waals surface area contributed by atoms with Gasteiger partial charge in [-0.15, -0.1) is 0 Å². The van der Waals surface area contributed by atoms with Crippen LogP contribution in [-0.2, 0) is 6.18 Å². The van der Waals surface area contributed by atoms with Gasteiger partial charge in [0, 0.05) is 17.5 Å². The summed E-state index contributed by atoms with van der Waals surface area (Å²) < 4.78 is 54.8. The van der Waals surface area contributed by atoms with Gasteiger partial charge in [-0.2, -0.15) is 13.2 Å². The molecule has 0 saturated heterocycles. The molecule has 1 aliphatic rings. The number of hydrogen-bond acceptors (Lipinski definition) is 1. The number of benzene rings is 1. The number of hydrogen-bond donors (Lipinski definition) is 0. The fraction of sp³-hybridized carbons (Fsp3) is 0.571. The van der Waals surface area contributed by atoms with Crippen molar-refractivity contribution in [1.29, 1.82) is 0 Å². The van der Waals surface area contributed by atoms with E-state index in [2.05, 4.69) is 6.92 Å². The highest BCUT2D eigenvalue weighted by molar-refractivity contribution is 5.98. The van der Waals surface area contributed by atoms with Crippen LogP contribution in [0.15, 0.2) is 18.2 Å². The highest BCUT2D eigenvalue weighted by Crippen LogP contribution is 2.37. The number of ketones is 1. The van der Waals surface area contributed by atoms with E-state index in [0.29, 0.717) is 18.8 Å². The third-order valence-corrected chi connectivity index (χ3v) is 5.12. The van der Waals surface area contributed by atoms with Crippen molar-refractivity contribution >= 4 is 11.9 Å². The maximum atomic E-state index is 14.6. The molecule has 0 bridgehead atoms. The predicted octanol–water partition coefficient (Wildman–Crippen LogP) is 7.06. The zero-order chi connectivity index (χ0) is 19.3. The molecular weight excluding hydrogens is 344 g/mol. The molecule has 1 nitrogen and oxygen atoms in total. The van der Waals surface area contributed by atoms with Gasteiger partial charge in [0.25, 0.3) is 0 Å². The van der Waals surface area contributed by atoms with Crippen LogP contribution in [0.2, 0.25) is 0 Å². The van der Waals surface area contributed by atoms with Gasteiger partial charge in [0.2, 0.25) is 0 Å². The number of allylic oxidation sites excluding steroid dienone is 1. The molecule has 1 saturated carbocycles. The lowest BCUT2D eigenvalue weighted by atomic mass is 9.82. The number of Topliss-reactive ketones (excluding diaryl/α,β-unsaturated/α-hetero) is 1. The van der Waals surface area contributed by atoms with Gasteiger partial charge in [-0.3, -0.25) is 4.79 Å². The van der Waals surface area contributed by atoms with Crippen molar-refractivity contribution in [3.8, 4) is 0 Å². The van der Waals surface area contributed by atoms with E-state index in [1.54, 1.807) is 0 Å². The van der Waals surface area contributed by atoms with Gasteiger partial charge in [0.05, 0.1) is 0 Å². The van der Waals surface area contributed by atoms with Gasteiger partial charge < -0.3 is 0 Å². The average Bonchev–Trinajstić information content (AvgIpc) is 2.58. The first kappa shape index (κ1) is 20.7. The maximum absolute atomic E-state index is 14.6. The van der Waals surface area contributed by atoms with Crippen LogP contribution < -0.4 is 0 Å². The quantitative estimate of drug-likeness (QED) is 0.387. The molecule has 1 aromatic rings. The van der Waals surface area contributed by atoms with E-state index in [1.807, 2.05) is 13.0 Å². The lowest BCUT2D eigenvalue weighted by molar-refractivity contribution is -0.140. The Hall–Kier alpha value is -1.65. The predicted molar refractivity (Wildman–Crippen MR) is 95.4 cm³/mol. The topological polar surface area (TPSA) is 17.1 Å². The van der Waals surface area contributed by atoms with Crippen LogP contribution in [0.25, 0.3) is 6.08 Å². The Kier molecular flexibility index (Phi) is 7.01. The lowest BCUT2D eigenvalue weighted by Gasteiger charge is -2.23. The van der Waals surface area contributed by atoms with E-state index in [0.717, 1.165) is 31.7 Å². The molecule has 0 aromatic heterocycles. The standard InChI is InChI=1S/C21H26F4O/c1-3-4-5-18(26)17-13-12-16(20(22)19(17)21(23,24)25)11-10-15-8-6-14(2)7-9-15/h10-15H,3-9H2,1-2H3/b11-10+. The van der Waals surface area contributed by atoms with Crippen LogP contribution in [-0.4, -0.2) is 5.78 Å². The average molecular weight is 370 g/mol. The Morgan fingerprint density at radius 1 is 1.19 bits per heavy atom. The number of carbonyl (C=O) groups is 1. The Morgan fingerprint density at radius 3 is 2.42 bits per heavy atom. The first-order valence-electron chi connectivity index (χ1n) is 9.35. The van der Waals surface area contributed by atoms with Crippen molar-refractivity contribution in [2.45, 2.75) is 65.0 Å². The summed E-state index contributed by atoms with van der Waals surface area (Å²) >= 11 is 0. The van der Waals surface area contributed by atoms with Crippen molar-refractivity contribution in [3.05, 3.63) is 40.7 Å². The smallest absolute Gasteiger partial charge is 0.294 e. The normalized spacial score (nSPS) is 21.3. The van der Waals surface area contributed by atoms with Crippen LogP contribution in [0.5, 0.6) is 0 Å². The minimum absolute atomic E-state index is 0.00549. The molecule has 0 atom stereocenters. The van der Waals surface area contributed by atoms with Crippen LogP contribution in [0.3, 0.4) is 0 Å². The van der Waals surface area contributed by atoms with Crippen LogP contribution in [0.4, 0.5) is 17.6 Å². The second kappa shape index (κ2) is 8.83. The molecule has 0 aliphatic heterocycles.